The Morgan fingerprint density at radius 1 is 1.39 bits per heavy atom. The molecule has 1 saturated carbocycles. The summed E-state index contributed by atoms with van der Waals surface area (Å²) >= 11 is 0. The minimum absolute atomic E-state index is 0.210. The third kappa shape index (κ3) is 4.15. The quantitative estimate of drug-likeness (QED) is 0.526. The van der Waals surface area contributed by atoms with Crippen molar-refractivity contribution in [3.05, 3.63) is 0 Å². The van der Waals surface area contributed by atoms with Gasteiger partial charge in [0.25, 0.3) is 0 Å². The van der Waals surface area contributed by atoms with Crippen LogP contribution in [0.15, 0.2) is 0 Å². The van der Waals surface area contributed by atoms with Crippen LogP contribution in [0.5, 0.6) is 0 Å². The van der Waals surface area contributed by atoms with Crippen LogP contribution in [0.1, 0.15) is 25.7 Å². The first-order chi connectivity index (χ1) is 8.34. The standard InChI is InChI=1S/C11H20N2O5/c1-13(7-11(18)4-2-3-5-11)10(17)12-6-8(14)9(15)16/h8,14,18H,2-7H2,1H3,(H,12,17)(H,15,16). The first-order valence-electron chi connectivity index (χ1n) is 5.96. The molecule has 0 heterocycles. The highest BCUT2D eigenvalue weighted by Gasteiger charge is 2.33. The second kappa shape index (κ2) is 6.01. The highest BCUT2D eigenvalue weighted by atomic mass is 16.4. The Balaban J connectivity index is 2.35. The van der Waals surface area contributed by atoms with Crippen LogP contribution in [-0.2, 0) is 4.79 Å². The molecule has 0 aliphatic heterocycles. The van der Waals surface area contributed by atoms with Gasteiger partial charge in [-0.25, -0.2) is 9.59 Å². The van der Waals surface area contributed by atoms with Gasteiger partial charge < -0.3 is 25.5 Å². The number of carbonyl (C=O) groups is 2. The van der Waals surface area contributed by atoms with Crippen molar-refractivity contribution < 1.29 is 24.9 Å². The number of rotatable bonds is 5. The van der Waals surface area contributed by atoms with Crippen LogP contribution >= 0.6 is 0 Å². The summed E-state index contributed by atoms with van der Waals surface area (Å²) in [6.45, 7) is -0.140. The number of nitrogens with one attached hydrogen (secondary N) is 1. The highest BCUT2D eigenvalue weighted by Crippen LogP contribution is 2.29. The molecular weight excluding hydrogens is 240 g/mol. The Labute approximate surface area is 105 Å². The van der Waals surface area contributed by atoms with Gasteiger partial charge in [-0.05, 0) is 12.8 Å². The Bertz CT molecular complexity index is 315. The third-order valence-corrected chi connectivity index (χ3v) is 3.14. The zero-order chi connectivity index (χ0) is 13.8. The van der Waals surface area contributed by atoms with Crippen LogP contribution in [0.3, 0.4) is 0 Å². The van der Waals surface area contributed by atoms with Gasteiger partial charge in [0.05, 0.1) is 18.7 Å². The van der Waals surface area contributed by atoms with Crippen LogP contribution in [0.4, 0.5) is 4.79 Å². The van der Waals surface area contributed by atoms with E-state index in [2.05, 4.69) is 5.32 Å². The van der Waals surface area contributed by atoms with Crippen LogP contribution in [0.2, 0.25) is 0 Å². The topological polar surface area (TPSA) is 110 Å². The molecule has 1 aliphatic rings. The lowest BCUT2D eigenvalue weighted by molar-refractivity contribution is -0.146. The molecule has 0 bridgehead atoms. The number of likely N-dealkylation sites (N-methyl/N-ethyl adjacent to an activating group) is 1. The fraction of sp³-hybridized carbons (Fsp3) is 0.818. The highest BCUT2D eigenvalue weighted by molar-refractivity contribution is 5.76. The summed E-state index contributed by atoms with van der Waals surface area (Å²) in [6.07, 6.45) is 1.62. The zero-order valence-corrected chi connectivity index (χ0v) is 10.4. The largest absolute Gasteiger partial charge is 0.479 e. The zero-order valence-electron chi connectivity index (χ0n) is 10.4. The van der Waals surface area contributed by atoms with Crippen LogP contribution < -0.4 is 5.32 Å². The van der Waals surface area contributed by atoms with E-state index in [1.165, 1.54) is 11.9 Å². The number of carboxylic acid groups (broad SMARTS) is 1. The summed E-state index contributed by atoms with van der Waals surface area (Å²) in [5, 5.41) is 29.9. The van der Waals surface area contributed by atoms with E-state index in [-0.39, 0.29) is 13.1 Å². The van der Waals surface area contributed by atoms with E-state index < -0.39 is 23.7 Å². The molecule has 7 nitrogen and oxygen atoms in total. The lowest BCUT2D eigenvalue weighted by Gasteiger charge is -2.28. The van der Waals surface area contributed by atoms with Crippen molar-refractivity contribution in [2.24, 2.45) is 0 Å². The van der Waals surface area contributed by atoms with Gasteiger partial charge in [-0.1, -0.05) is 12.8 Å². The minimum Gasteiger partial charge on any atom is -0.479 e. The summed E-state index contributed by atoms with van der Waals surface area (Å²) < 4.78 is 0. The fourth-order valence-electron chi connectivity index (χ4n) is 2.11. The Hall–Kier alpha value is -1.34. The molecule has 0 spiro atoms. The first-order valence-corrected chi connectivity index (χ1v) is 5.96. The fourth-order valence-corrected chi connectivity index (χ4v) is 2.11. The maximum absolute atomic E-state index is 11.6. The molecule has 0 aromatic carbocycles. The summed E-state index contributed by atoms with van der Waals surface area (Å²) in [5.74, 6) is -1.38. The van der Waals surface area contributed by atoms with Crippen LogP contribution in [-0.4, -0.2) is 64.1 Å². The van der Waals surface area contributed by atoms with Gasteiger partial charge in [-0.2, -0.15) is 0 Å². The van der Waals surface area contributed by atoms with E-state index >= 15 is 0 Å². The lowest BCUT2D eigenvalue weighted by Crippen LogP contribution is -2.48. The van der Waals surface area contributed by atoms with Crippen molar-refractivity contribution in [2.75, 3.05) is 20.1 Å². The molecule has 7 heteroatoms. The molecule has 2 amide bonds. The molecule has 1 atom stereocenters. The SMILES string of the molecule is CN(CC1(O)CCCC1)C(=O)NCC(O)C(=O)O. The summed E-state index contributed by atoms with van der Waals surface area (Å²) in [7, 11) is 1.53. The van der Waals surface area contributed by atoms with Crippen molar-refractivity contribution in [1.82, 2.24) is 10.2 Å². The van der Waals surface area contributed by atoms with E-state index in [1.807, 2.05) is 0 Å². The molecule has 104 valence electrons. The number of aliphatic carboxylic acids is 1. The molecular formula is C11H20N2O5. The van der Waals surface area contributed by atoms with E-state index in [1.54, 1.807) is 0 Å². The average Bonchev–Trinajstić information content (AvgIpc) is 2.71. The molecule has 1 fully saturated rings. The van der Waals surface area contributed by atoms with E-state index in [0.717, 1.165) is 12.8 Å². The molecule has 1 aliphatic carbocycles. The van der Waals surface area contributed by atoms with Crippen molar-refractivity contribution in [3.8, 4) is 0 Å². The van der Waals surface area contributed by atoms with Crippen LogP contribution in [0.25, 0.3) is 0 Å². The van der Waals surface area contributed by atoms with E-state index in [0.29, 0.717) is 12.8 Å². The number of hydrogen-bond donors (Lipinski definition) is 4. The summed E-state index contributed by atoms with van der Waals surface area (Å²) in [6, 6.07) is -0.504. The maximum Gasteiger partial charge on any atom is 0.334 e. The summed E-state index contributed by atoms with van der Waals surface area (Å²) in [5.41, 5.74) is -0.836. The molecule has 18 heavy (non-hydrogen) atoms. The molecule has 0 radical (unpaired) electrons. The number of aliphatic hydroxyl groups is 2. The lowest BCUT2D eigenvalue weighted by atomic mass is 10.0. The maximum atomic E-state index is 11.6. The normalized spacial score (nSPS) is 19.3. The monoisotopic (exact) mass is 260 g/mol. The third-order valence-electron chi connectivity index (χ3n) is 3.14. The predicted octanol–water partition coefficient (Wildman–Crippen LogP) is -0.622. The van der Waals surface area contributed by atoms with Crippen molar-refractivity contribution in [3.63, 3.8) is 0 Å². The van der Waals surface area contributed by atoms with Gasteiger partial charge in [-0.3, -0.25) is 0 Å². The van der Waals surface area contributed by atoms with Gasteiger partial charge in [0.2, 0.25) is 0 Å². The molecule has 0 saturated heterocycles. The minimum atomic E-state index is -1.61. The molecule has 1 unspecified atom stereocenters. The van der Waals surface area contributed by atoms with Gasteiger partial charge in [-0.15, -0.1) is 0 Å². The van der Waals surface area contributed by atoms with Gasteiger partial charge >= 0.3 is 12.0 Å². The van der Waals surface area contributed by atoms with Crippen molar-refractivity contribution in [2.45, 2.75) is 37.4 Å². The number of hydrogen-bond acceptors (Lipinski definition) is 4. The Kier molecular flexibility index (Phi) is 4.92. The molecule has 4 N–H and O–H groups in total. The van der Waals surface area contributed by atoms with Crippen LogP contribution in [0, 0.1) is 0 Å². The predicted molar refractivity (Wildman–Crippen MR) is 63.1 cm³/mol. The number of nitrogens with zero attached hydrogens (tertiary/aromatic N) is 1. The van der Waals surface area contributed by atoms with E-state index in [4.69, 9.17) is 10.2 Å². The molecule has 0 aromatic heterocycles. The van der Waals surface area contributed by atoms with Crippen molar-refractivity contribution >= 4 is 12.0 Å². The molecule has 1 rings (SSSR count). The number of carbonyl (C=O) groups excluding carboxylic acids is 1. The smallest absolute Gasteiger partial charge is 0.334 e. The van der Waals surface area contributed by atoms with Crippen molar-refractivity contribution in [1.29, 1.82) is 0 Å². The number of amides is 2. The Morgan fingerprint density at radius 2 is 1.94 bits per heavy atom. The number of carboxylic acids is 1. The number of aliphatic hydroxyl groups excluding tert-OH is 1. The molecule has 0 aromatic rings. The average molecular weight is 260 g/mol. The number of urea groups is 1. The Morgan fingerprint density at radius 3 is 2.44 bits per heavy atom. The first kappa shape index (κ1) is 14.7. The summed E-state index contributed by atoms with van der Waals surface area (Å²) in [4.78, 5) is 23.3. The second-order valence-corrected chi connectivity index (χ2v) is 4.83. The van der Waals surface area contributed by atoms with E-state index in [9.17, 15) is 14.7 Å². The van der Waals surface area contributed by atoms with Gasteiger partial charge in [0.1, 0.15) is 0 Å². The van der Waals surface area contributed by atoms with Gasteiger partial charge in [0.15, 0.2) is 6.10 Å². The second-order valence-electron chi connectivity index (χ2n) is 4.83. The van der Waals surface area contributed by atoms with Gasteiger partial charge in [0, 0.05) is 7.05 Å².